The van der Waals surface area contributed by atoms with Crippen molar-refractivity contribution >= 4 is 39.0 Å². The average molecular weight is 449 g/mol. The molecule has 0 saturated heterocycles. The number of carbonyl (C=O) groups is 2. The number of fused-ring (bicyclic) bond motifs is 1. The third-order valence-corrected chi connectivity index (χ3v) is 5.18. The SMILES string of the molecule is CN(C(=O)CBr)c1cccc(-c2ccnc3c(C(=O)c4ccccc4)cnn23)c1. The Morgan fingerprint density at radius 2 is 1.86 bits per heavy atom. The quantitative estimate of drug-likeness (QED) is 0.342. The zero-order valence-electron chi connectivity index (χ0n) is 15.6. The minimum atomic E-state index is -0.123. The standard InChI is InChI=1S/C22H17BrN4O2/c1-26(20(28)13-23)17-9-5-8-16(12-17)19-10-11-24-22-18(14-25-27(19)22)21(29)15-6-3-2-4-7-15/h2-12,14H,13H2,1H3. The van der Waals surface area contributed by atoms with Gasteiger partial charge in [0, 0.05) is 30.1 Å². The van der Waals surface area contributed by atoms with Crippen LogP contribution in [0.1, 0.15) is 15.9 Å². The van der Waals surface area contributed by atoms with Crippen molar-refractivity contribution in [2.75, 3.05) is 17.3 Å². The van der Waals surface area contributed by atoms with E-state index in [2.05, 4.69) is 26.0 Å². The Labute approximate surface area is 175 Å². The molecular weight excluding hydrogens is 432 g/mol. The molecule has 0 aliphatic carbocycles. The summed E-state index contributed by atoms with van der Waals surface area (Å²) in [5.74, 6) is -0.168. The first kappa shape index (κ1) is 19.0. The van der Waals surface area contributed by atoms with Crippen molar-refractivity contribution in [1.82, 2.24) is 14.6 Å². The first-order valence-corrected chi connectivity index (χ1v) is 10.1. The van der Waals surface area contributed by atoms with Gasteiger partial charge in [-0.25, -0.2) is 9.50 Å². The normalized spacial score (nSPS) is 10.8. The second-order valence-corrected chi connectivity index (χ2v) is 7.02. The Morgan fingerprint density at radius 3 is 2.62 bits per heavy atom. The van der Waals surface area contributed by atoms with Gasteiger partial charge in [-0.05, 0) is 18.2 Å². The Morgan fingerprint density at radius 1 is 1.07 bits per heavy atom. The largest absolute Gasteiger partial charge is 0.315 e. The van der Waals surface area contributed by atoms with Gasteiger partial charge in [0.25, 0.3) is 0 Å². The molecule has 0 radical (unpaired) electrons. The number of alkyl halides is 1. The predicted molar refractivity (Wildman–Crippen MR) is 116 cm³/mol. The van der Waals surface area contributed by atoms with E-state index < -0.39 is 0 Å². The summed E-state index contributed by atoms with van der Waals surface area (Å²) in [5, 5.41) is 4.66. The zero-order chi connectivity index (χ0) is 20.4. The fourth-order valence-corrected chi connectivity index (χ4v) is 3.50. The van der Waals surface area contributed by atoms with Crippen LogP contribution in [-0.4, -0.2) is 38.7 Å². The van der Waals surface area contributed by atoms with Crippen molar-refractivity contribution in [3.63, 3.8) is 0 Å². The minimum Gasteiger partial charge on any atom is -0.315 e. The van der Waals surface area contributed by atoms with E-state index in [4.69, 9.17) is 0 Å². The third-order valence-electron chi connectivity index (χ3n) is 4.70. The lowest BCUT2D eigenvalue weighted by Gasteiger charge is -2.17. The maximum Gasteiger partial charge on any atom is 0.237 e. The highest BCUT2D eigenvalue weighted by Crippen LogP contribution is 2.26. The van der Waals surface area contributed by atoms with E-state index in [0.29, 0.717) is 16.8 Å². The van der Waals surface area contributed by atoms with Crippen LogP contribution in [0.25, 0.3) is 16.9 Å². The van der Waals surface area contributed by atoms with Gasteiger partial charge in [-0.15, -0.1) is 0 Å². The summed E-state index contributed by atoms with van der Waals surface area (Å²) in [6.07, 6.45) is 3.21. The number of benzene rings is 2. The van der Waals surface area contributed by atoms with Gasteiger partial charge in [0.2, 0.25) is 5.91 Å². The van der Waals surface area contributed by atoms with Crippen LogP contribution >= 0.6 is 15.9 Å². The van der Waals surface area contributed by atoms with E-state index in [1.165, 1.54) is 0 Å². The fourth-order valence-electron chi connectivity index (χ4n) is 3.12. The molecule has 0 N–H and O–H groups in total. The van der Waals surface area contributed by atoms with Crippen LogP contribution in [0.4, 0.5) is 5.69 Å². The first-order valence-electron chi connectivity index (χ1n) is 8.95. The van der Waals surface area contributed by atoms with E-state index in [0.717, 1.165) is 16.9 Å². The zero-order valence-corrected chi connectivity index (χ0v) is 17.2. The van der Waals surface area contributed by atoms with Gasteiger partial charge in [-0.2, -0.15) is 5.10 Å². The summed E-state index contributed by atoms with van der Waals surface area (Å²) >= 11 is 3.20. The Balaban J connectivity index is 1.78. The molecule has 7 heteroatoms. The molecule has 29 heavy (non-hydrogen) atoms. The number of amides is 1. The van der Waals surface area contributed by atoms with Crippen LogP contribution in [0, 0.1) is 0 Å². The molecule has 144 valence electrons. The Kier molecular flexibility index (Phi) is 5.22. The van der Waals surface area contributed by atoms with Crippen molar-refractivity contribution in [3.05, 3.63) is 84.2 Å². The van der Waals surface area contributed by atoms with Gasteiger partial charge >= 0.3 is 0 Å². The summed E-state index contributed by atoms with van der Waals surface area (Å²) in [5.41, 5.74) is 3.94. The topological polar surface area (TPSA) is 67.6 Å². The molecular formula is C22H17BrN4O2. The van der Waals surface area contributed by atoms with Crippen molar-refractivity contribution in [2.45, 2.75) is 0 Å². The van der Waals surface area contributed by atoms with Gasteiger partial charge in [-0.1, -0.05) is 58.4 Å². The maximum absolute atomic E-state index is 12.9. The molecule has 2 aromatic carbocycles. The van der Waals surface area contributed by atoms with Crippen molar-refractivity contribution < 1.29 is 9.59 Å². The number of halogens is 1. The minimum absolute atomic E-state index is 0.0446. The first-order chi connectivity index (χ1) is 14.1. The Bertz CT molecular complexity index is 1200. The van der Waals surface area contributed by atoms with Crippen molar-refractivity contribution in [2.24, 2.45) is 0 Å². The number of rotatable bonds is 5. The van der Waals surface area contributed by atoms with E-state index in [1.807, 2.05) is 48.5 Å². The van der Waals surface area contributed by atoms with Gasteiger partial charge in [-0.3, -0.25) is 9.59 Å². The second kappa shape index (κ2) is 7.97. The molecule has 0 atom stereocenters. The van der Waals surface area contributed by atoms with Crippen molar-refractivity contribution in [3.8, 4) is 11.3 Å². The van der Waals surface area contributed by atoms with Gasteiger partial charge in [0.05, 0.1) is 22.8 Å². The third kappa shape index (κ3) is 3.56. The number of anilines is 1. The lowest BCUT2D eigenvalue weighted by Crippen LogP contribution is -2.26. The van der Waals surface area contributed by atoms with Crippen LogP contribution in [-0.2, 0) is 4.79 Å². The molecule has 0 spiro atoms. The van der Waals surface area contributed by atoms with E-state index >= 15 is 0 Å². The molecule has 2 heterocycles. The highest BCUT2D eigenvalue weighted by atomic mass is 79.9. The molecule has 2 aromatic heterocycles. The van der Waals surface area contributed by atoms with Crippen LogP contribution in [0.15, 0.2) is 73.1 Å². The van der Waals surface area contributed by atoms with E-state index in [-0.39, 0.29) is 17.0 Å². The summed E-state index contributed by atoms with van der Waals surface area (Å²) in [6.45, 7) is 0. The molecule has 0 bridgehead atoms. The molecule has 1 amide bonds. The highest BCUT2D eigenvalue weighted by Gasteiger charge is 2.18. The van der Waals surface area contributed by atoms with E-state index in [9.17, 15) is 9.59 Å². The summed E-state index contributed by atoms with van der Waals surface area (Å²) in [7, 11) is 1.73. The molecule has 0 unspecified atom stereocenters. The van der Waals surface area contributed by atoms with Crippen LogP contribution in [0.5, 0.6) is 0 Å². The maximum atomic E-state index is 12.9. The molecule has 4 aromatic rings. The predicted octanol–water partition coefficient (Wildman–Crippen LogP) is 3.99. The number of carbonyl (C=O) groups excluding carboxylic acids is 2. The van der Waals surface area contributed by atoms with Gasteiger partial charge in [0.15, 0.2) is 11.4 Å². The lowest BCUT2D eigenvalue weighted by atomic mass is 10.1. The van der Waals surface area contributed by atoms with Gasteiger partial charge < -0.3 is 4.90 Å². The van der Waals surface area contributed by atoms with Gasteiger partial charge in [0.1, 0.15) is 0 Å². The highest BCUT2D eigenvalue weighted by molar-refractivity contribution is 9.09. The van der Waals surface area contributed by atoms with Crippen LogP contribution in [0.3, 0.4) is 0 Å². The second-order valence-electron chi connectivity index (χ2n) is 6.46. The summed E-state index contributed by atoms with van der Waals surface area (Å²) in [6, 6.07) is 18.5. The van der Waals surface area contributed by atoms with Crippen LogP contribution in [0.2, 0.25) is 0 Å². The number of nitrogens with zero attached hydrogens (tertiary/aromatic N) is 4. The average Bonchev–Trinajstić information content (AvgIpc) is 3.22. The molecule has 0 fully saturated rings. The monoisotopic (exact) mass is 448 g/mol. The van der Waals surface area contributed by atoms with Crippen molar-refractivity contribution in [1.29, 1.82) is 0 Å². The van der Waals surface area contributed by atoms with E-state index in [1.54, 1.807) is 41.0 Å². The number of hydrogen-bond acceptors (Lipinski definition) is 4. The smallest absolute Gasteiger partial charge is 0.237 e. The molecule has 0 aliphatic heterocycles. The summed E-state index contributed by atoms with van der Waals surface area (Å²) in [4.78, 5) is 30.8. The molecule has 0 aliphatic rings. The number of ketones is 1. The molecule has 4 rings (SSSR count). The molecule has 0 saturated carbocycles. The number of aromatic nitrogens is 3. The molecule has 6 nitrogen and oxygen atoms in total. The lowest BCUT2D eigenvalue weighted by molar-refractivity contribution is -0.115. The Hall–Kier alpha value is -3.32. The van der Waals surface area contributed by atoms with Crippen LogP contribution < -0.4 is 4.90 Å². The number of hydrogen-bond donors (Lipinski definition) is 0. The fraction of sp³-hybridized carbons (Fsp3) is 0.0909. The summed E-state index contributed by atoms with van der Waals surface area (Å²) < 4.78 is 1.65.